The van der Waals surface area contributed by atoms with Gasteiger partial charge in [0.05, 0.1) is 5.39 Å². The van der Waals surface area contributed by atoms with E-state index in [9.17, 15) is 9.59 Å². The summed E-state index contributed by atoms with van der Waals surface area (Å²) >= 11 is 1.66. The molecule has 0 saturated carbocycles. The van der Waals surface area contributed by atoms with Crippen LogP contribution >= 0.6 is 11.3 Å². The molecule has 1 fully saturated rings. The summed E-state index contributed by atoms with van der Waals surface area (Å²) in [5.41, 5.74) is 1.15. The number of nitrogens with one attached hydrogen (secondary N) is 3. The smallest absolute Gasteiger partial charge is 0.259 e. The molecule has 6 nitrogen and oxygen atoms in total. The van der Waals surface area contributed by atoms with Crippen LogP contribution in [-0.2, 0) is 24.1 Å². The molecule has 3 heterocycles. The van der Waals surface area contributed by atoms with Gasteiger partial charge in [0.25, 0.3) is 5.56 Å². The summed E-state index contributed by atoms with van der Waals surface area (Å²) in [5, 5.41) is 7.29. The molecule has 3 unspecified atom stereocenters. The molecule has 1 saturated heterocycles. The van der Waals surface area contributed by atoms with Crippen LogP contribution in [-0.4, -0.2) is 34.5 Å². The number of thiophene rings is 1. The zero-order valence-corrected chi connectivity index (χ0v) is 16.9. The van der Waals surface area contributed by atoms with Crippen LogP contribution in [0.1, 0.15) is 55.8 Å². The van der Waals surface area contributed by atoms with Crippen molar-refractivity contribution in [1.82, 2.24) is 20.6 Å². The molecule has 146 valence electrons. The number of hydrogen-bond donors (Lipinski definition) is 3. The molecule has 0 bridgehead atoms. The van der Waals surface area contributed by atoms with Crippen molar-refractivity contribution in [2.24, 2.45) is 5.92 Å². The Morgan fingerprint density at radius 2 is 2.19 bits per heavy atom. The number of aromatic nitrogens is 2. The summed E-state index contributed by atoms with van der Waals surface area (Å²) in [6.45, 7) is 5.35. The molecule has 4 rings (SSSR count). The lowest BCUT2D eigenvalue weighted by Crippen LogP contribution is -2.46. The van der Waals surface area contributed by atoms with Crippen LogP contribution in [0.5, 0.6) is 0 Å². The molecule has 2 aromatic rings. The Kier molecular flexibility index (Phi) is 5.32. The topological polar surface area (TPSA) is 86.9 Å². The van der Waals surface area contributed by atoms with Crippen LogP contribution in [0.15, 0.2) is 4.79 Å². The van der Waals surface area contributed by atoms with Crippen LogP contribution in [0.25, 0.3) is 10.2 Å². The van der Waals surface area contributed by atoms with E-state index in [2.05, 4.69) is 34.4 Å². The van der Waals surface area contributed by atoms with E-state index in [4.69, 9.17) is 0 Å². The van der Waals surface area contributed by atoms with Gasteiger partial charge in [-0.3, -0.25) is 9.59 Å². The molecular formula is C20H28N4O2S. The van der Waals surface area contributed by atoms with E-state index in [1.165, 1.54) is 10.4 Å². The molecule has 0 radical (unpaired) electrons. The molecule has 2 aromatic heterocycles. The lowest BCUT2D eigenvalue weighted by atomic mass is 9.89. The number of aryl methyl sites for hydroxylation is 2. The maximum Gasteiger partial charge on any atom is 0.259 e. The Morgan fingerprint density at radius 3 is 3.00 bits per heavy atom. The highest BCUT2D eigenvalue weighted by Gasteiger charge is 2.23. The fourth-order valence-electron chi connectivity index (χ4n) is 4.31. The number of rotatable bonds is 4. The molecule has 3 N–H and O–H groups in total. The Labute approximate surface area is 163 Å². The molecule has 1 amide bonds. The first-order valence-electron chi connectivity index (χ1n) is 10.1. The summed E-state index contributed by atoms with van der Waals surface area (Å²) in [6, 6.07) is 0.686. The molecule has 1 aliphatic carbocycles. The average Bonchev–Trinajstić information content (AvgIpc) is 2.97. The first-order valence-corrected chi connectivity index (χ1v) is 10.9. The van der Waals surface area contributed by atoms with Crippen molar-refractivity contribution < 1.29 is 4.79 Å². The van der Waals surface area contributed by atoms with Crippen LogP contribution in [0.3, 0.4) is 0 Å². The zero-order valence-electron chi connectivity index (χ0n) is 16.1. The standard InChI is InChI=1S/C20H28N4O2S/c1-11-3-4-14-15(9-11)27-20-18(14)19(26)23-16(24-20)5-6-17(25)22-13-7-8-21-12(2)10-13/h11-13,21H,3-10H2,1-2H3,(H,22,25)(H,23,24,26). The highest BCUT2D eigenvalue weighted by molar-refractivity contribution is 7.18. The van der Waals surface area contributed by atoms with E-state index in [1.54, 1.807) is 11.3 Å². The molecule has 7 heteroatoms. The quantitative estimate of drug-likeness (QED) is 0.750. The number of carbonyl (C=O) groups excluding carboxylic acids is 1. The van der Waals surface area contributed by atoms with Gasteiger partial charge < -0.3 is 15.6 Å². The number of piperidine rings is 1. The summed E-state index contributed by atoms with van der Waals surface area (Å²) in [5.74, 6) is 1.33. The van der Waals surface area contributed by atoms with Crippen molar-refractivity contribution in [2.45, 2.75) is 70.9 Å². The summed E-state index contributed by atoms with van der Waals surface area (Å²) in [6.07, 6.45) is 5.91. The Hall–Kier alpha value is -1.73. The third-order valence-corrected chi connectivity index (χ3v) is 6.94. The molecule has 3 atom stereocenters. The van der Waals surface area contributed by atoms with Crippen molar-refractivity contribution in [3.8, 4) is 0 Å². The number of carbonyl (C=O) groups is 1. The van der Waals surface area contributed by atoms with Gasteiger partial charge in [-0.2, -0.15) is 0 Å². The van der Waals surface area contributed by atoms with Crippen LogP contribution in [0, 0.1) is 5.92 Å². The molecule has 0 aromatic carbocycles. The maximum atomic E-state index is 12.6. The third-order valence-electron chi connectivity index (χ3n) is 5.79. The van der Waals surface area contributed by atoms with Gasteiger partial charge >= 0.3 is 0 Å². The van der Waals surface area contributed by atoms with E-state index in [0.29, 0.717) is 30.6 Å². The summed E-state index contributed by atoms with van der Waals surface area (Å²) in [4.78, 5) is 34.6. The number of hydrogen-bond acceptors (Lipinski definition) is 5. The second-order valence-electron chi connectivity index (χ2n) is 8.19. The first-order chi connectivity index (χ1) is 13.0. The fourth-order valence-corrected chi connectivity index (χ4v) is 5.71. The van der Waals surface area contributed by atoms with Gasteiger partial charge in [0.1, 0.15) is 10.7 Å². The first kappa shape index (κ1) is 18.6. The van der Waals surface area contributed by atoms with Crippen molar-refractivity contribution >= 4 is 27.5 Å². The van der Waals surface area contributed by atoms with E-state index in [1.807, 2.05) is 0 Å². The Balaban J connectivity index is 1.43. The fraction of sp³-hybridized carbons (Fsp3) is 0.650. The lowest BCUT2D eigenvalue weighted by molar-refractivity contribution is -0.122. The average molecular weight is 389 g/mol. The summed E-state index contributed by atoms with van der Waals surface area (Å²) in [7, 11) is 0. The normalized spacial score (nSPS) is 25.3. The highest BCUT2D eigenvalue weighted by atomic mass is 32.1. The highest BCUT2D eigenvalue weighted by Crippen LogP contribution is 2.35. The SMILES string of the molecule is CC1CCc2c(sc3nc(CCC(=O)NC4CCNC(C)C4)[nH]c(=O)c23)C1. The van der Waals surface area contributed by atoms with Gasteiger partial charge in [0.15, 0.2) is 0 Å². The van der Waals surface area contributed by atoms with Crippen molar-refractivity contribution in [1.29, 1.82) is 0 Å². The second kappa shape index (κ2) is 7.72. The van der Waals surface area contributed by atoms with Gasteiger partial charge in [0, 0.05) is 29.8 Å². The lowest BCUT2D eigenvalue weighted by Gasteiger charge is -2.28. The number of fused-ring (bicyclic) bond motifs is 3. The van der Waals surface area contributed by atoms with Gasteiger partial charge in [-0.15, -0.1) is 11.3 Å². The number of nitrogens with zero attached hydrogens (tertiary/aromatic N) is 1. The van der Waals surface area contributed by atoms with Crippen LogP contribution in [0.4, 0.5) is 0 Å². The van der Waals surface area contributed by atoms with E-state index < -0.39 is 0 Å². The molecular weight excluding hydrogens is 360 g/mol. The van der Waals surface area contributed by atoms with E-state index in [-0.39, 0.29) is 17.5 Å². The largest absolute Gasteiger partial charge is 0.353 e. The number of amides is 1. The van der Waals surface area contributed by atoms with E-state index in [0.717, 1.165) is 48.9 Å². The molecule has 27 heavy (non-hydrogen) atoms. The predicted molar refractivity (Wildman–Crippen MR) is 108 cm³/mol. The Morgan fingerprint density at radius 1 is 1.33 bits per heavy atom. The van der Waals surface area contributed by atoms with Gasteiger partial charge in [-0.1, -0.05) is 6.92 Å². The van der Waals surface area contributed by atoms with Gasteiger partial charge in [-0.05, 0) is 57.1 Å². The van der Waals surface area contributed by atoms with Crippen molar-refractivity contribution in [2.75, 3.05) is 6.54 Å². The molecule has 1 aliphatic heterocycles. The second-order valence-corrected chi connectivity index (χ2v) is 9.27. The van der Waals surface area contributed by atoms with Gasteiger partial charge in [0.2, 0.25) is 5.91 Å². The van der Waals surface area contributed by atoms with Crippen molar-refractivity contribution in [3.63, 3.8) is 0 Å². The minimum Gasteiger partial charge on any atom is -0.353 e. The van der Waals surface area contributed by atoms with E-state index >= 15 is 0 Å². The molecule has 0 spiro atoms. The third kappa shape index (κ3) is 4.09. The molecule has 2 aliphatic rings. The van der Waals surface area contributed by atoms with Crippen LogP contribution in [0.2, 0.25) is 0 Å². The summed E-state index contributed by atoms with van der Waals surface area (Å²) < 4.78 is 0. The van der Waals surface area contributed by atoms with Gasteiger partial charge in [-0.25, -0.2) is 4.98 Å². The monoisotopic (exact) mass is 388 g/mol. The number of H-pyrrole nitrogens is 1. The minimum absolute atomic E-state index is 0.0381. The zero-order chi connectivity index (χ0) is 19.0. The van der Waals surface area contributed by atoms with Crippen molar-refractivity contribution in [3.05, 3.63) is 26.6 Å². The minimum atomic E-state index is -0.0466. The number of aromatic amines is 1. The van der Waals surface area contributed by atoms with Crippen LogP contribution < -0.4 is 16.2 Å². The Bertz CT molecular complexity index is 903. The maximum absolute atomic E-state index is 12.6. The predicted octanol–water partition coefficient (Wildman–Crippen LogP) is 2.30.